The summed E-state index contributed by atoms with van der Waals surface area (Å²) in [6.45, 7) is 3.81. The summed E-state index contributed by atoms with van der Waals surface area (Å²) in [7, 11) is 1.83. The van der Waals surface area contributed by atoms with Crippen LogP contribution in [-0.2, 0) is 7.05 Å². The second-order valence-corrected chi connectivity index (χ2v) is 7.39. The summed E-state index contributed by atoms with van der Waals surface area (Å²) in [6, 6.07) is 13.5. The number of nitrogens with one attached hydrogen (secondary N) is 1. The van der Waals surface area contributed by atoms with Gasteiger partial charge in [-0.15, -0.1) is 0 Å². The number of nitrogens with zero attached hydrogens (tertiary/aromatic N) is 3. The summed E-state index contributed by atoms with van der Waals surface area (Å²) in [5.74, 6) is -0.554. The van der Waals surface area contributed by atoms with Gasteiger partial charge in [-0.3, -0.25) is 4.79 Å². The fourth-order valence-corrected chi connectivity index (χ4v) is 4.00. The van der Waals surface area contributed by atoms with Crippen LogP contribution in [0.4, 0.5) is 4.39 Å². The van der Waals surface area contributed by atoms with Gasteiger partial charge in [0.1, 0.15) is 11.5 Å². The second-order valence-electron chi connectivity index (χ2n) is 7.01. The smallest absolute Gasteiger partial charge is 0.269 e. The van der Waals surface area contributed by atoms with Crippen LogP contribution in [0.2, 0.25) is 5.02 Å². The zero-order chi connectivity index (χ0) is 20.7. The highest BCUT2D eigenvalue weighted by atomic mass is 35.5. The van der Waals surface area contributed by atoms with Crippen LogP contribution in [0.25, 0.3) is 16.6 Å². The molecule has 2 heterocycles. The molecule has 5 nitrogen and oxygen atoms in total. The van der Waals surface area contributed by atoms with Crippen molar-refractivity contribution in [3.63, 3.8) is 0 Å². The lowest BCUT2D eigenvalue weighted by Crippen LogP contribution is -2.28. The van der Waals surface area contributed by atoms with Crippen molar-refractivity contribution in [3.8, 4) is 5.69 Å². The molecule has 29 heavy (non-hydrogen) atoms. The maximum absolute atomic E-state index is 13.2. The Morgan fingerprint density at radius 3 is 2.55 bits per heavy atom. The molecule has 0 saturated heterocycles. The van der Waals surface area contributed by atoms with E-state index in [0.29, 0.717) is 10.7 Å². The van der Waals surface area contributed by atoms with Crippen LogP contribution < -0.4 is 5.32 Å². The van der Waals surface area contributed by atoms with Crippen LogP contribution in [0.15, 0.2) is 54.7 Å². The molecule has 1 unspecified atom stereocenters. The number of hydrogen-bond acceptors (Lipinski definition) is 2. The fraction of sp³-hybridized carbons (Fsp3) is 0.182. The summed E-state index contributed by atoms with van der Waals surface area (Å²) in [5, 5.41) is 8.69. The Morgan fingerprint density at radius 1 is 1.17 bits per heavy atom. The van der Waals surface area contributed by atoms with Crippen LogP contribution in [0.3, 0.4) is 0 Å². The Hall–Kier alpha value is -3.12. The molecule has 2 aromatic carbocycles. The summed E-state index contributed by atoms with van der Waals surface area (Å²) in [5.41, 5.74) is 3.81. The maximum Gasteiger partial charge on any atom is 0.269 e. The molecule has 0 saturated carbocycles. The molecule has 0 radical (unpaired) electrons. The Bertz CT molecular complexity index is 1170. The van der Waals surface area contributed by atoms with Gasteiger partial charge in [-0.2, -0.15) is 5.10 Å². The van der Waals surface area contributed by atoms with E-state index in [0.717, 1.165) is 27.8 Å². The lowest BCUT2D eigenvalue weighted by atomic mass is 10.1. The predicted molar refractivity (Wildman–Crippen MR) is 112 cm³/mol. The van der Waals surface area contributed by atoms with Crippen LogP contribution in [-0.4, -0.2) is 20.3 Å². The Morgan fingerprint density at radius 2 is 1.86 bits per heavy atom. The van der Waals surface area contributed by atoms with Crippen molar-refractivity contribution in [2.45, 2.75) is 19.9 Å². The first-order valence-corrected chi connectivity index (χ1v) is 9.60. The highest BCUT2D eigenvalue weighted by Crippen LogP contribution is 2.30. The van der Waals surface area contributed by atoms with Crippen molar-refractivity contribution in [1.82, 2.24) is 19.7 Å². The molecule has 148 valence electrons. The highest BCUT2D eigenvalue weighted by Gasteiger charge is 2.23. The molecule has 0 aliphatic rings. The number of carbonyl (C=O) groups is 1. The summed E-state index contributed by atoms with van der Waals surface area (Å²) < 4.78 is 16.7. The first kappa shape index (κ1) is 19.2. The molecule has 0 bridgehead atoms. The minimum atomic E-state index is -0.300. The number of rotatable bonds is 4. The number of amides is 1. The zero-order valence-electron chi connectivity index (χ0n) is 16.3. The molecular formula is C22H20ClFN4O. The zero-order valence-corrected chi connectivity index (χ0v) is 17.0. The monoisotopic (exact) mass is 410 g/mol. The molecular weight excluding hydrogens is 391 g/mol. The molecule has 0 aliphatic heterocycles. The first-order valence-electron chi connectivity index (χ1n) is 9.22. The third-order valence-corrected chi connectivity index (χ3v) is 5.58. The van der Waals surface area contributed by atoms with Crippen LogP contribution in [0.5, 0.6) is 0 Å². The van der Waals surface area contributed by atoms with Crippen molar-refractivity contribution < 1.29 is 9.18 Å². The lowest BCUT2D eigenvalue weighted by molar-refractivity contribution is 0.0932. The summed E-state index contributed by atoms with van der Waals surface area (Å²) in [4.78, 5) is 13.0. The van der Waals surface area contributed by atoms with Gasteiger partial charge in [-0.1, -0.05) is 29.8 Å². The number of benzene rings is 2. The Kier molecular flexibility index (Phi) is 4.88. The third-order valence-electron chi connectivity index (χ3n) is 5.19. The van der Waals surface area contributed by atoms with E-state index in [2.05, 4.69) is 10.4 Å². The van der Waals surface area contributed by atoms with Gasteiger partial charge in [0.25, 0.3) is 5.91 Å². The van der Waals surface area contributed by atoms with Crippen molar-refractivity contribution in [3.05, 3.63) is 82.5 Å². The largest absolute Gasteiger partial charge is 0.344 e. The first-order chi connectivity index (χ1) is 13.9. The van der Waals surface area contributed by atoms with Crippen molar-refractivity contribution in [2.75, 3.05) is 0 Å². The molecule has 1 atom stereocenters. The van der Waals surface area contributed by atoms with E-state index in [-0.39, 0.29) is 17.8 Å². The van der Waals surface area contributed by atoms with Gasteiger partial charge in [0.15, 0.2) is 0 Å². The lowest BCUT2D eigenvalue weighted by Gasteiger charge is -2.15. The van der Waals surface area contributed by atoms with E-state index in [1.54, 1.807) is 27.6 Å². The third kappa shape index (κ3) is 3.29. The van der Waals surface area contributed by atoms with Crippen LogP contribution >= 0.6 is 11.6 Å². The fourth-order valence-electron chi connectivity index (χ4n) is 3.63. The van der Waals surface area contributed by atoms with Gasteiger partial charge in [-0.25, -0.2) is 9.07 Å². The topological polar surface area (TPSA) is 51.9 Å². The number of hydrogen-bond donors (Lipinski definition) is 1. The van der Waals surface area contributed by atoms with Gasteiger partial charge >= 0.3 is 0 Å². The quantitative estimate of drug-likeness (QED) is 0.517. The van der Waals surface area contributed by atoms with Gasteiger partial charge in [0.05, 0.1) is 22.9 Å². The predicted octanol–water partition coefficient (Wildman–Crippen LogP) is 4.96. The number of aromatic nitrogens is 3. The van der Waals surface area contributed by atoms with Crippen molar-refractivity contribution >= 4 is 28.4 Å². The van der Waals surface area contributed by atoms with Crippen molar-refractivity contribution in [2.24, 2.45) is 7.05 Å². The molecule has 7 heteroatoms. The SMILES string of the molecule is Cc1c(C(C)NC(=O)c2c(Cl)c3ccccc3n2C)cnn1-c1ccc(F)cc1. The number of aryl methyl sites for hydroxylation is 1. The number of carbonyl (C=O) groups excluding carboxylic acids is 1. The highest BCUT2D eigenvalue weighted by molar-refractivity contribution is 6.38. The second kappa shape index (κ2) is 7.37. The molecule has 1 N–H and O–H groups in total. The average Bonchev–Trinajstić information content (AvgIpc) is 3.21. The van der Waals surface area contributed by atoms with Gasteiger partial charge < -0.3 is 9.88 Å². The molecule has 4 rings (SSSR count). The Balaban J connectivity index is 1.61. The molecule has 1 amide bonds. The minimum Gasteiger partial charge on any atom is -0.344 e. The maximum atomic E-state index is 13.2. The molecule has 4 aromatic rings. The van der Waals surface area contributed by atoms with Gasteiger partial charge in [0, 0.05) is 29.2 Å². The molecule has 2 aromatic heterocycles. The number of fused-ring (bicyclic) bond motifs is 1. The average molecular weight is 411 g/mol. The van der Waals surface area contributed by atoms with E-state index < -0.39 is 0 Å². The van der Waals surface area contributed by atoms with E-state index in [1.807, 2.05) is 45.2 Å². The molecule has 0 fully saturated rings. The minimum absolute atomic E-state index is 0.255. The molecule has 0 aliphatic carbocycles. The number of para-hydroxylation sites is 1. The van der Waals surface area contributed by atoms with E-state index in [4.69, 9.17) is 11.6 Å². The summed E-state index contributed by atoms with van der Waals surface area (Å²) in [6.07, 6.45) is 1.72. The van der Waals surface area contributed by atoms with Crippen molar-refractivity contribution in [1.29, 1.82) is 0 Å². The Labute approximate surface area is 172 Å². The number of halogens is 2. The van der Waals surface area contributed by atoms with Crippen LogP contribution in [0.1, 0.15) is 34.7 Å². The van der Waals surface area contributed by atoms with Gasteiger partial charge in [-0.05, 0) is 44.2 Å². The summed E-state index contributed by atoms with van der Waals surface area (Å²) >= 11 is 6.49. The van der Waals surface area contributed by atoms with Crippen LogP contribution in [0, 0.1) is 12.7 Å². The molecule has 0 spiro atoms. The normalized spacial score (nSPS) is 12.3. The van der Waals surface area contributed by atoms with E-state index in [1.165, 1.54) is 12.1 Å². The van der Waals surface area contributed by atoms with E-state index >= 15 is 0 Å². The van der Waals surface area contributed by atoms with E-state index in [9.17, 15) is 9.18 Å². The van der Waals surface area contributed by atoms with Gasteiger partial charge in [0.2, 0.25) is 0 Å². The standard InChI is InChI=1S/C22H20ClFN4O/c1-13(18-12-25-28(14(18)2)16-10-8-15(24)9-11-16)26-22(29)21-20(23)17-6-4-5-7-19(17)27(21)3/h4-13H,1-3H3,(H,26,29).